The monoisotopic (exact) mass is 126 g/mol. The van der Waals surface area contributed by atoms with Crippen molar-refractivity contribution >= 4 is 5.97 Å². The van der Waals surface area contributed by atoms with E-state index < -0.39 is 5.97 Å². The number of aliphatic carboxylic acids is 1. The maximum absolute atomic E-state index is 9.37. The molecule has 0 bridgehead atoms. The molecule has 0 saturated heterocycles. The molecule has 0 atom stereocenters. The smallest absolute Gasteiger partial charge is 0.303 e. The Morgan fingerprint density at radius 3 is 2.00 bits per heavy atom. The minimum Gasteiger partial charge on any atom is -0.481 e. The largest absolute Gasteiger partial charge is 0.481 e. The number of hydrogen-bond acceptors (Lipinski definition) is 1. The molecular formula is C3H6CrO2. The van der Waals surface area contributed by atoms with Gasteiger partial charge in [-0.05, 0) is 0 Å². The summed E-state index contributed by atoms with van der Waals surface area (Å²) >= 11 is 0. The van der Waals surface area contributed by atoms with Gasteiger partial charge in [0.1, 0.15) is 0 Å². The van der Waals surface area contributed by atoms with Crippen molar-refractivity contribution in [3.05, 3.63) is 0 Å². The van der Waals surface area contributed by atoms with Crippen molar-refractivity contribution in [1.82, 2.24) is 0 Å². The number of carboxylic acid groups (broad SMARTS) is 1. The fourth-order valence-corrected chi connectivity index (χ4v) is 0. The Morgan fingerprint density at radius 2 is 2.00 bits per heavy atom. The summed E-state index contributed by atoms with van der Waals surface area (Å²) in [5.74, 6) is -0.745. The van der Waals surface area contributed by atoms with Gasteiger partial charge < -0.3 is 5.11 Å². The molecule has 0 spiro atoms. The van der Waals surface area contributed by atoms with E-state index in [1.54, 1.807) is 6.92 Å². The molecule has 0 fully saturated rings. The number of carbonyl (C=O) groups is 1. The van der Waals surface area contributed by atoms with E-state index in [4.69, 9.17) is 5.11 Å². The van der Waals surface area contributed by atoms with E-state index in [2.05, 4.69) is 0 Å². The molecule has 0 aliphatic carbocycles. The molecule has 0 heterocycles. The van der Waals surface area contributed by atoms with Crippen LogP contribution in [0, 0.1) is 0 Å². The van der Waals surface area contributed by atoms with Crippen LogP contribution in [0.3, 0.4) is 0 Å². The first-order valence-corrected chi connectivity index (χ1v) is 1.49. The topological polar surface area (TPSA) is 37.3 Å². The van der Waals surface area contributed by atoms with Crippen LogP contribution in [0.1, 0.15) is 13.3 Å². The molecule has 1 N–H and O–H groups in total. The van der Waals surface area contributed by atoms with Crippen LogP contribution in [-0.4, -0.2) is 11.1 Å². The minimum atomic E-state index is -0.745. The predicted octanol–water partition coefficient (Wildman–Crippen LogP) is 0.478. The van der Waals surface area contributed by atoms with Crippen molar-refractivity contribution < 1.29 is 27.3 Å². The van der Waals surface area contributed by atoms with Gasteiger partial charge in [0.05, 0.1) is 0 Å². The summed E-state index contributed by atoms with van der Waals surface area (Å²) in [5.41, 5.74) is 0. The van der Waals surface area contributed by atoms with Crippen LogP contribution < -0.4 is 0 Å². The van der Waals surface area contributed by atoms with E-state index >= 15 is 0 Å². The van der Waals surface area contributed by atoms with Crippen LogP contribution in [0.15, 0.2) is 0 Å². The molecule has 6 heavy (non-hydrogen) atoms. The summed E-state index contributed by atoms with van der Waals surface area (Å²) < 4.78 is 0. The third-order valence-corrected chi connectivity index (χ3v) is 0.302. The SMILES string of the molecule is CCC(=O)O.[Cr]. The van der Waals surface area contributed by atoms with Crippen molar-refractivity contribution in [2.75, 3.05) is 0 Å². The maximum atomic E-state index is 9.37. The molecule has 0 unspecified atom stereocenters. The van der Waals surface area contributed by atoms with Crippen molar-refractivity contribution in [3.63, 3.8) is 0 Å². The zero-order valence-corrected chi connectivity index (χ0v) is 4.75. The Bertz CT molecular complexity index is 44.1. The van der Waals surface area contributed by atoms with Gasteiger partial charge in [0.15, 0.2) is 0 Å². The molecule has 0 amide bonds. The molecule has 2 nitrogen and oxygen atoms in total. The first-order valence-electron chi connectivity index (χ1n) is 1.49. The second-order valence-electron chi connectivity index (χ2n) is 0.747. The van der Waals surface area contributed by atoms with Crippen molar-refractivity contribution in [3.8, 4) is 0 Å². The predicted molar refractivity (Wildman–Crippen MR) is 17.9 cm³/mol. The minimum absolute atomic E-state index is 0. The van der Waals surface area contributed by atoms with Crippen LogP contribution in [0.25, 0.3) is 0 Å². The van der Waals surface area contributed by atoms with E-state index in [9.17, 15) is 4.79 Å². The average Bonchev–Trinajstić information content (AvgIpc) is 1.38. The summed E-state index contributed by atoms with van der Waals surface area (Å²) in [6, 6.07) is 0. The van der Waals surface area contributed by atoms with Gasteiger partial charge in [-0.3, -0.25) is 4.79 Å². The van der Waals surface area contributed by atoms with E-state index in [1.165, 1.54) is 0 Å². The van der Waals surface area contributed by atoms with Gasteiger partial charge in [-0.2, -0.15) is 0 Å². The molecule has 0 aliphatic heterocycles. The van der Waals surface area contributed by atoms with Gasteiger partial charge in [0.25, 0.3) is 0 Å². The molecular weight excluding hydrogens is 120 g/mol. The van der Waals surface area contributed by atoms with Crippen LogP contribution in [0.2, 0.25) is 0 Å². The molecule has 0 saturated carbocycles. The van der Waals surface area contributed by atoms with E-state index in [-0.39, 0.29) is 23.8 Å². The molecule has 0 rings (SSSR count). The molecule has 0 aromatic rings. The van der Waals surface area contributed by atoms with Crippen LogP contribution in [-0.2, 0) is 22.2 Å². The van der Waals surface area contributed by atoms with Crippen LogP contribution >= 0.6 is 0 Å². The summed E-state index contributed by atoms with van der Waals surface area (Å²) in [5, 5.41) is 7.72. The molecule has 0 aliphatic rings. The van der Waals surface area contributed by atoms with E-state index in [1.807, 2.05) is 0 Å². The summed E-state index contributed by atoms with van der Waals surface area (Å²) in [4.78, 5) is 9.37. The Kier molecular flexibility index (Phi) is 7.82. The fraction of sp³-hybridized carbons (Fsp3) is 0.667. The standard InChI is InChI=1S/C3H6O2.Cr/c1-2-3(4)5;/h2H2,1H3,(H,4,5);. The Labute approximate surface area is 47.3 Å². The number of hydrogen-bond donors (Lipinski definition) is 1. The summed E-state index contributed by atoms with van der Waals surface area (Å²) in [7, 11) is 0. The summed E-state index contributed by atoms with van der Waals surface area (Å²) in [6.45, 7) is 1.60. The zero-order valence-electron chi connectivity index (χ0n) is 3.47. The molecule has 36 valence electrons. The van der Waals surface area contributed by atoms with Gasteiger partial charge in [-0.1, -0.05) is 6.92 Å². The van der Waals surface area contributed by atoms with Gasteiger partial charge in [-0.25, -0.2) is 0 Å². The van der Waals surface area contributed by atoms with Gasteiger partial charge in [-0.15, -0.1) is 0 Å². The van der Waals surface area contributed by atoms with Gasteiger partial charge in [0, 0.05) is 23.8 Å². The molecule has 0 aromatic carbocycles. The van der Waals surface area contributed by atoms with Crippen molar-refractivity contribution in [1.29, 1.82) is 0 Å². The normalized spacial score (nSPS) is 6.17. The maximum Gasteiger partial charge on any atom is 0.303 e. The Hall–Kier alpha value is 0.00247. The first-order chi connectivity index (χ1) is 2.27. The number of carboxylic acids is 1. The molecule has 3 heteroatoms. The molecule has 0 aromatic heterocycles. The quantitative estimate of drug-likeness (QED) is 0.554. The van der Waals surface area contributed by atoms with Crippen molar-refractivity contribution in [2.45, 2.75) is 13.3 Å². The Morgan fingerprint density at radius 1 is 1.83 bits per heavy atom. The first kappa shape index (κ1) is 9.38. The third-order valence-electron chi connectivity index (χ3n) is 0.302. The van der Waals surface area contributed by atoms with Crippen molar-refractivity contribution in [2.24, 2.45) is 0 Å². The summed E-state index contributed by atoms with van der Waals surface area (Å²) in [6.07, 6.45) is 0.222. The van der Waals surface area contributed by atoms with Gasteiger partial charge >= 0.3 is 5.97 Å². The fourth-order valence-electron chi connectivity index (χ4n) is 0. The van der Waals surface area contributed by atoms with Crippen LogP contribution in [0.4, 0.5) is 0 Å². The number of rotatable bonds is 1. The van der Waals surface area contributed by atoms with E-state index in [0.29, 0.717) is 0 Å². The molecule has 0 radical (unpaired) electrons. The Balaban J connectivity index is 0. The average molecular weight is 126 g/mol. The van der Waals surface area contributed by atoms with E-state index in [0.717, 1.165) is 0 Å². The van der Waals surface area contributed by atoms with Crippen LogP contribution in [0.5, 0.6) is 0 Å². The van der Waals surface area contributed by atoms with Gasteiger partial charge in [0.2, 0.25) is 0 Å². The second-order valence-corrected chi connectivity index (χ2v) is 0.747. The zero-order chi connectivity index (χ0) is 4.28. The second kappa shape index (κ2) is 5.00. The third kappa shape index (κ3) is 9.00.